The van der Waals surface area contributed by atoms with E-state index in [2.05, 4.69) is 15.9 Å². The van der Waals surface area contributed by atoms with Gasteiger partial charge in [0.05, 0.1) is 23.2 Å². The molecule has 0 fully saturated rings. The molecule has 0 N–H and O–H groups in total. The summed E-state index contributed by atoms with van der Waals surface area (Å²) in [5, 5.41) is 0. The van der Waals surface area contributed by atoms with Crippen LogP contribution in [0.2, 0.25) is 0 Å². The lowest BCUT2D eigenvalue weighted by atomic mass is 10.0. The zero-order valence-corrected chi connectivity index (χ0v) is 18.9. The summed E-state index contributed by atoms with van der Waals surface area (Å²) in [6.45, 7) is 5.56. The minimum atomic E-state index is -0.480. The number of carbonyl (C=O) groups excluding carboxylic acids is 3. The number of halogens is 1. The summed E-state index contributed by atoms with van der Waals surface area (Å²) >= 11 is 3.38. The van der Waals surface area contributed by atoms with E-state index in [1.807, 2.05) is 6.92 Å². The summed E-state index contributed by atoms with van der Waals surface area (Å²) in [6, 6.07) is 8.48. The highest BCUT2D eigenvalue weighted by Gasteiger charge is 2.19. The summed E-state index contributed by atoms with van der Waals surface area (Å²) < 4.78 is 17.7. The largest absolute Gasteiger partial charge is 0.493 e. The van der Waals surface area contributed by atoms with Gasteiger partial charge in [-0.15, -0.1) is 0 Å². The number of benzene rings is 2. The Morgan fingerprint density at radius 2 is 1.70 bits per heavy atom. The molecule has 0 amide bonds. The first-order valence-corrected chi connectivity index (χ1v) is 10.5. The lowest BCUT2D eigenvalue weighted by Crippen LogP contribution is -2.11. The molecule has 0 aliphatic heterocycles. The fraction of sp³-hybridized carbons (Fsp3) is 0.348. The zero-order chi connectivity index (χ0) is 22.1. The Labute approximate surface area is 184 Å². The van der Waals surface area contributed by atoms with Crippen molar-refractivity contribution in [1.82, 2.24) is 0 Å². The van der Waals surface area contributed by atoms with Crippen LogP contribution >= 0.6 is 15.9 Å². The molecule has 2 aromatic rings. The topological polar surface area (TPSA) is 78.9 Å². The number of ether oxygens (including phenoxy) is 3. The molecule has 2 rings (SSSR count). The molecule has 0 saturated heterocycles. The molecular formula is C23H25BrO6. The third-order valence-corrected chi connectivity index (χ3v) is 4.86. The Bertz CT molecular complexity index is 922. The third kappa shape index (κ3) is 6.42. The lowest BCUT2D eigenvalue weighted by molar-refractivity contribution is -0.131. The van der Waals surface area contributed by atoms with E-state index < -0.39 is 5.97 Å². The van der Waals surface area contributed by atoms with E-state index in [1.165, 1.54) is 13.8 Å². The second-order valence-corrected chi connectivity index (χ2v) is 7.53. The van der Waals surface area contributed by atoms with Crippen LogP contribution in [-0.2, 0) is 11.2 Å². The van der Waals surface area contributed by atoms with Gasteiger partial charge in [0.15, 0.2) is 5.78 Å². The molecule has 0 aliphatic rings. The lowest BCUT2D eigenvalue weighted by Gasteiger charge is -2.17. The first kappa shape index (κ1) is 23.6. The highest BCUT2D eigenvalue weighted by atomic mass is 79.9. The van der Waals surface area contributed by atoms with Crippen molar-refractivity contribution in [3.63, 3.8) is 0 Å². The fourth-order valence-electron chi connectivity index (χ4n) is 2.90. The zero-order valence-electron chi connectivity index (χ0n) is 17.3. The van der Waals surface area contributed by atoms with E-state index in [0.717, 1.165) is 12.7 Å². The molecule has 7 heteroatoms. The molecule has 0 atom stereocenters. The highest BCUT2D eigenvalue weighted by molar-refractivity contribution is 9.10. The number of carbonyl (C=O) groups is 3. The van der Waals surface area contributed by atoms with Crippen molar-refractivity contribution in [3.8, 4) is 17.2 Å². The smallest absolute Gasteiger partial charge is 0.308 e. The van der Waals surface area contributed by atoms with Crippen molar-refractivity contribution < 1.29 is 28.6 Å². The van der Waals surface area contributed by atoms with Gasteiger partial charge in [0.1, 0.15) is 23.5 Å². The second kappa shape index (κ2) is 11.5. The van der Waals surface area contributed by atoms with Crippen LogP contribution in [0.25, 0.3) is 0 Å². The van der Waals surface area contributed by atoms with Crippen LogP contribution in [0.4, 0.5) is 0 Å². The minimum Gasteiger partial charge on any atom is -0.493 e. The summed E-state index contributed by atoms with van der Waals surface area (Å²) in [5.41, 5.74) is 1.65. The van der Waals surface area contributed by atoms with E-state index in [1.54, 1.807) is 30.3 Å². The molecule has 0 heterocycles. The quantitative estimate of drug-likeness (QED) is 0.146. The van der Waals surface area contributed by atoms with Crippen molar-refractivity contribution >= 4 is 34.0 Å². The van der Waals surface area contributed by atoms with Gasteiger partial charge in [-0.2, -0.15) is 0 Å². The predicted molar refractivity (Wildman–Crippen MR) is 117 cm³/mol. The number of hydrogen-bond acceptors (Lipinski definition) is 6. The Morgan fingerprint density at radius 3 is 2.27 bits per heavy atom. The van der Waals surface area contributed by atoms with Crippen molar-refractivity contribution in [1.29, 1.82) is 0 Å². The summed E-state index contributed by atoms with van der Waals surface area (Å²) in [4.78, 5) is 34.3. The van der Waals surface area contributed by atoms with Crippen LogP contribution in [0, 0.1) is 0 Å². The van der Waals surface area contributed by atoms with Gasteiger partial charge in [-0.05, 0) is 59.6 Å². The van der Waals surface area contributed by atoms with Gasteiger partial charge in [-0.1, -0.05) is 13.3 Å². The van der Waals surface area contributed by atoms with E-state index in [4.69, 9.17) is 14.2 Å². The Morgan fingerprint density at radius 1 is 1.03 bits per heavy atom. The van der Waals surface area contributed by atoms with Crippen LogP contribution in [0.3, 0.4) is 0 Å². The number of hydrogen-bond donors (Lipinski definition) is 0. The van der Waals surface area contributed by atoms with Gasteiger partial charge in [-0.3, -0.25) is 14.4 Å². The van der Waals surface area contributed by atoms with E-state index in [9.17, 15) is 14.4 Å². The summed E-state index contributed by atoms with van der Waals surface area (Å²) in [5.74, 6) is 0.871. The maximum absolute atomic E-state index is 11.9. The van der Waals surface area contributed by atoms with Crippen molar-refractivity contribution in [3.05, 3.63) is 51.5 Å². The molecule has 0 radical (unpaired) electrons. The normalized spacial score (nSPS) is 10.4. The molecule has 0 saturated carbocycles. The Hall–Kier alpha value is -2.67. The predicted octanol–water partition coefficient (Wildman–Crippen LogP) is 5.19. The van der Waals surface area contributed by atoms with Crippen molar-refractivity contribution in [2.75, 3.05) is 13.2 Å². The van der Waals surface area contributed by atoms with Gasteiger partial charge in [-0.25, -0.2) is 0 Å². The number of ketones is 1. The number of esters is 1. The molecule has 0 spiro atoms. The molecule has 0 aliphatic carbocycles. The standard InChI is InChI=1S/C23H25BrO6/c1-4-6-19-21(10-8-18(15(2)26)23(19)30-16(3)27)28-11-5-12-29-22-9-7-17(14-25)13-20(22)24/h7-10,13-14H,4-6,11-12H2,1-3H3. The maximum Gasteiger partial charge on any atom is 0.308 e. The van der Waals surface area contributed by atoms with Crippen LogP contribution in [-0.4, -0.2) is 31.3 Å². The summed E-state index contributed by atoms with van der Waals surface area (Å²) in [6.07, 6.45) is 2.81. The number of aldehydes is 1. The maximum atomic E-state index is 11.9. The molecule has 6 nitrogen and oxygen atoms in total. The minimum absolute atomic E-state index is 0.172. The van der Waals surface area contributed by atoms with Gasteiger partial charge in [0, 0.05) is 24.5 Å². The third-order valence-electron chi connectivity index (χ3n) is 4.24. The fourth-order valence-corrected chi connectivity index (χ4v) is 3.41. The SMILES string of the molecule is CCCc1c(OCCCOc2ccc(C=O)cc2Br)ccc(C(C)=O)c1OC(C)=O. The average Bonchev–Trinajstić information content (AvgIpc) is 2.70. The highest BCUT2D eigenvalue weighted by Crippen LogP contribution is 2.34. The van der Waals surface area contributed by atoms with Crippen LogP contribution in [0.1, 0.15) is 59.9 Å². The van der Waals surface area contributed by atoms with E-state index in [-0.39, 0.29) is 11.5 Å². The first-order chi connectivity index (χ1) is 14.4. The molecule has 160 valence electrons. The monoisotopic (exact) mass is 476 g/mol. The van der Waals surface area contributed by atoms with Gasteiger partial charge in [0.25, 0.3) is 0 Å². The van der Waals surface area contributed by atoms with Gasteiger partial charge >= 0.3 is 5.97 Å². The molecule has 0 bridgehead atoms. The number of rotatable bonds is 11. The molecular weight excluding hydrogens is 452 g/mol. The molecule has 0 aromatic heterocycles. The van der Waals surface area contributed by atoms with Crippen molar-refractivity contribution in [2.24, 2.45) is 0 Å². The Balaban J connectivity index is 2.04. The number of Topliss-reactive ketones (excluding diaryl/α,β-unsaturated/α-hetero) is 1. The molecule has 0 unspecified atom stereocenters. The van der Waals surface area contributed by atoms with E-state index >= 15 is 0 Å². The van der Waals surface area contributed by atoms with Crippen molar-refractivity contribution in [2.45, 2.75) is 40.0 Å². The average molecular weight is 477 g/mol. The Kier molecular flexibility index (Phi) is 9.05. The van der Waals surface area contributed by atoms with Gasteiger partial charge in [0.2, 0.25) is 0 Å². The molecule has 2 aromatic carbocycles. The van der Waals surface area contributed by atoms with Gasteiger partial charge < -0.3 is 14.2 Å². The van der Waals surface area contributed by atoms with Crippen LogP contribution in [0.15, 0.2) is 34.8 Å². The summed E-state index contributed by atoms with van der Waals surface area (Å²) in [7, 11) is 0. The molecule has 30 heavy (non-hydrogen) atoms. The van der Waals surface area contributed by atoms with Crippen LogP contribution in [0.5, 0.6) is 17.2 Å². The second-order valence-electron chi connectivity index (χ2n) is 6.68. The van der Waals surface area contributed by atoms with E-state index in [0.29, 0.717) is 58.7 Å². The first-order valence-electron chi connectivity index (χ1n) is 9.72. The van der Waals surface area contributed by atoms with Crippen LogP contribution < -0.4 is 14.2 Å².